The lowest BCUT2D eigenvalue weighted by Crippen LogP contribution is -2.37. The molecule has 0 aromatic heterocycles. The first-order valence-electron chi connectivity index (χ1n) is 10.9. The molecule has 2 aliphatic rings. The number of anilines is 1. The molecule has 4 nitrogen and oxygen atoms in total. The number of hydrogen-bond acceptors (Lipinski definition) is 2. The van der Waals surface area contributed by atoms with Crippen LogP contribution >= 0.6 is 0 Å². The summed E-state index contributed by atoms with van der Waals surface area (Å²) in [6.45, 7) is 4.81. The Morgan fingerprint density at radius 3 is 2.76 bits per heavy atom. The molecule has 152 valence electrons. The van der Waals surface area contributed by atoms with Crippen molar-refractivity contribution in [1.29, 1.82) is 0 Å². The number of para-hydroxylation sites is 1. The van der Waals surface area contributed by atoms with Crippen LogP contribution in [0.5, 0.6) is 0 Å². The minimum absolute atomic E-state index is 0.00331. The lowest BCUT2D eigenvalue weighted by molar-refractivity contribution is -0.127. The van der Waals surface area contributed by atoms with Crippen LogP contribution in [-0.4, -0.2) is 18.4 Å². The van der Waals surface area contributed by atoms with Crippen molar-refractivity contribution in [2.75, 3.05) is 11.4 Å². The van der Waals surface area contributed by atoms with Gasteiger partial charge in [-0.05, 0) is 54.4 Å². The number of nitrogens with one attached hydrogen (secondary N) is 1. The molecule has 4 rings (SSSR count). The lowest BCUT2D eigenvalue weighted by Gasteiger charge is -2.27. The number of fused-ring (bicyclic) bond motifs is 1. The molecule has 1 N–H and O–H groups in total. The number of hydrogen-bond donors (Lipinski definition) is 1. The maximum absolute atomic E-state index is 13.0. The van der Waals surface area contributed by atoms with Crippen LogP contribution in [0.2, 0.25) is 0 Å². The topological polar surface area (TPSA) is 49.4 Å². The summed E-state index contributed by atoms with van der Waals surface area (Å²) in [7, 11) is 0. The summed E-state index contributed by atoms with van der Waals surface area (Å²) in [6.07, 6.45) is 4.42. The molecule has 1 fully saturated rings. The molecular formula is C25H30N2O2. The van der Waals surface area contributed by atoms with Gasteiger partial charge in [0, 0.05) is 18.7 Å². The van der Waals surface area contributed by atoms with Crippen LogP contribution in [-0.2, 0) is 16.0 Å². The van der Waals surface area contributed by atoms with E-state index in [-0.39, 0.29) is 30.2 Å². The van der Waals surface area contributed by atoms with Crippen LogP contribution in [0.3, 0.4) is 0 Å². The zero-order valence-electron chi connectivity index (χ0n) is 17.4. The molecule has 1 aliphatic carbocycles. The van der Waals surface area contributed by atoms with Gasteiger partial charge < -0.3 is 10.2 Å². The second kappa shape index (κ2) is 8.40. The van der Waals surface area contributed by atoms with Crippen LogP contribution in [0.15, 0.2) is 48.5 Å². The number of benzene rings is 2. The molecule has 3 atom stereocenters. The molecule has 1 aliphatic heterocycles. The summed E-state index contributed by atoms with van der Waals surface area (Å²) in [6, 6.07) is 16.5. The Labute approximate surface area is 173 Å². The maximum atomic E-state index is 13.0. The summed E-state index contributed by atoms with van der Waals surface area (Å²) < 4.78 is 0. The minimum Gasteiger partial charge on any atom is -0.349 e. The number of amides is 2. The number of carbonyl (C=O) groups is 2. The molecule has 29 heavy (non-hydrogen) atoms. The minimum atomic E-state index is -0.290. The predicted molar refractivity (Wildman–Crippen MR) is 116 cm³/mol. The van der Waals surface area contributed by atoms with Crippen LogP contribution < -0.4 is 10.2 Å². The monoisotopic (exact) mass is 390 g/mol. The average molecular weight is 391 g/mol. The standard InChI is InChI=1S/C25H30N2O2/c1-3-17(2)20-11-6-7-14-23(20)27-16-19(15-24(27)28)25(29)26-22-13-8-10-18-9-4-5-12-21(18)22/h4-7,9,11-12,14,17,19,22H,3,8,10,13,15-16H2,1-2H3,(H,26,29)/t17-,19-,22+/m0/s1. The van der Waals surface area contributed by atoms with Gasteiger partial charge >= 0.3 is 0 Å². The molecule has 0 radical (unpaired) electrons. The number of carbonyl (C=O) groups excluding carboxylic acids is 2. The highest BCUT2D eigenvalue weighted by atomic mass is 16.2. The van der Waals surface area contributed by atoms with Crippen molar-refractivity contribution in [2.45, 2.75) is 57.9 Å². The Hall–Kier alpha value is -2.62. The van der Waals surface area contributed by atoms with Crippen LogP contribution in [0, 0.1) is 5.92 Å². The van der Waals surface area contributed by atoms with Gasteiger partial charge in [-0.2, -0.15) is 0 Å². The second-order valence-corrected chi connectivity index (χ2v) is 8.43. The molecule has 1 heterocycles. The maximum Gasteiger partial charge on any atom is 0.227 e. The third kappa shape index (κ3) is 3.93. The van der Waals surface area contributed by atoms with Gasteiger partial charge in [-0.25, -0.2) is 0 Å². The van der Waals surface area contributed by atoms with Gasteiger partial charge in [0.2, 0.25) is 11.8 Å². The van der Waals surface area contributed by atoms with Crippen molar-refractivity contribution >= 4 is 17.5 Å². The normalized spacial score (nSPS) is 22.3. The molecule has 2 amide bonds. The number of aryl methyl sites for hydroxylation is 1. The molecule has 2 aromatic rings. The Bertz CT molecular complexity index is 907. The molecule has 0 unspecified atom stereocenters. The van der Waals surface area contributed by atoms with Crippen molar-refractivity contribution in [1.82, 2.24) is 5.32 Å². The van der Waals surface area contributed by atoms with Crippen molar-refractivity contribution in [3.63, 3.8) is 0 Å². The van der Waals surface area contributed by atoms with Crippen molar-refractivity contribution in [2.24, 2.45) is 5.92 Å². The zero-order valence-corrected chi connectivity index (χ0v) is 17.4. The Balaban J connectivity index is 1.49. The molecule has 0 bridgehead atoms. The Morgan fingerprint density at radius 1 is 1.17 bits per heavy atom. The third-order valence-corrected chi connectivity index (χ3v) is 6.55. The fourth-order valence-corrected chi connectivity index (χ4v) is 4.68. The smallest absolute Gasteiger partial charge is 0.227 e. The predicted octanol–water partition coefficient (Wildman–Crippen LogP) is 4.75. The van der Waals surface area contributed by atoms with E-state index < -0.39 is 0 Å². The van der Waals surface area contributed by atoms with Gasteiger partial charge in [0.05, 0.1) is 12.0 Å². The van der Waals surface area contributed by atoms with Crippen LogP contribution in [0.4, 0.5) is 5.69 Å². The van der Waals surface area contributed by atoms with Gasteiger partial charge in [-0.1, -0.05) is 56.3 Å². The first kappa shape index (κ1) is 19.7. The first-order chi connectivity index (χ1) is 14.1. The van der Waals surface area contributed by atoms with Gasteiger partial charge in [0.15, 0.2) is 0 Å². The Morgan fingerprint density at radius 2 is 1.93 bits per heavy atom. The van der Waals surface area contributed by atoms with Gasteiger partial charge in [0.25, 0.3) is 0 Å². The molecule has 0 spiro atoms. The van der Waals surface area contributed by atoms with Crippen molar-refractivity contribution in [3.05, 3.63) is 65.2 Å². The Kier molecular flexibility index (Phi) is 5.70. The highest BCUT2D eigenvalue weighted by molar-refractivity contribution is 6.01. The van der Waals surface area contributed by atoms with E-state index >= 15 is 0 Å². The van der Waals surface area contributed by atoms with Crippen molar-refractivity contribution in [3.8, 4) is 0 Å². The highest BCUT2D eigenvalue weighted by Crippen LogP contribution is 2.34. The molecule has 4 heteroatoms. The zero-order chi connectivity index (χ0) is 20.4. The lowest BCUT2D eigenvalue weighted by atomic mass is 9.87. The second-order valence-electron chi connectivity index (χ2n) is 8.43. The van der Waals surface area contributed by atoms with E-state index in [0.29, 0.717) is 12.5 Å². The summed E-state index contributed by atoms with van der Waals surface area (Å²) in [5, 5.41) is 3.24. The molecule has 1 saturated heterocycles. The number of nitrogens with zero attached hydrogens (tertiary/aromatic N) is 1. The third-order valence-electron chi connectivity index (χ3n) is 6.55. The van der Waals surface area contributed by atoms with E-state index in [1.807, 2.05) is 29.2 Å². The van der Waals surface area contributed by atoms with Gasteiger partial charge in [-0.3, -0.25) is 9.59 Å². The molecular weight excluding hydrogens is 360 g/mol. The summed E-state index contributed by atoms with van der Waals surface area (Å²) in [4.78, 5) is 27.6. The van der Waals surface area contributed by atoms with E-state index in [1.54, 1.807) is 0 Å². The summed E-state index contributed by atoms with van der Waals surface area (Å²) >= 11 is 0. The van der Waals surface area contributed by atoms with E-state index in [0.717, 1.165) is 31.4 Å². The fourth-order valence-electron chi connectivity index (χ4n) is 4.68. The largest absolute Gasteiger partial charge is 0.349 e. The SMILES string of the molecule is CC[C@H](C)c1ccccc1N1C[C@@H](C(=O)N[C@@H]2CCCc3ccccc32)CC1=O. The van der Waals surface area contributed by atoms with Crippen LogP contribution in [0.25, 0.3) is 0 Å². The molecule has 0 saturated carbocycles. The molecule has 2 aromatic carbocycles. The van der Waals surface area contributed by atoms with E-state index in [1.165, 1.54) is 16.7 Å². The van der Waals surface area contributed by atoms with Crippen LogP contribution in [0.1, 0.15) is 68.2 Å². The van der Waals surface area contributed by atoms with E-state index in [4.69, 9.17) is 0 Å². The van der Waals surface area contributed by atoms with Crippen molar-refractivity contribution < 1.29 is 9.59 Å². The first-order valence-corrected chi connectivity index (χ1v) is 10.9. The van der Waals surface area contributed by atoms with Gasteiger partial charge in [-0.15, -0.1) is 0 Å². The van der Waals surface area contributed by atoms with E-state index in [9.17, 15) is 9.59 Å². The summed E-state index contributed by atoms with van der Waals surface area (Å²) in [5.74, 6) is 0.140. The average Bonchev–Trinajstić information content (AvgIpc) is 3.15. The highest BCUT2D eigenvalue weighted by Gasteiger charge is 2.37. The van der Waals surface area contributed by atoms with Gasteiger partial charge in [0.1, 0.15) is 0 Å². The van der Waals surface area contributed by atoms with E-state index in [2.05, 4.69) is 43.4 Å². The summed E-state index contributed by atoms with van der Waals surface area (Å²) in [5.41, 5.74) is 4.71. The number of rotatable bonds is 5. The fraction of sp³-hybridized carbons (Fsp3) is 0.440. The quantitative estimate of drug-likeness (QED) is 0.801.